The molecule has 0 heterocycles. The van der Waals surface area contributed by atoms with Gasteiger partial charge in [0.15, 0.2) is 0 Å². The van der Waals surface area contributed by atoms with Gasteiger partial charge in [0.2, 0.25) is 0 Å². The first-order chi connectivity index (χ1) is 14.0. The monoisotopic (exact) mass is 414 g/mol. The van der Waals surface area contributed by atoms with Gasteiger partial charge in [0.05, 0.1) is 6.10 Å². The second kappa shape index (κ2) is 7.64. The molecule has 1 heteroatoms. The molecule has 0 aromatic heterocycles. The van der Waals surface area contributed by atoms with Crippen molar-refractivity contribution in [3.63, 3.8) is 0 Å². The van der Waals surface area contributed by atoms with Crippen LogP contribution in [0.15, 0.2) is 11.6 Å². The predicted octanol–water partition coefficient (Wildman–Crippen LogP) is 8.17. The van der Waals surface area contributed by atoms with E-state index in [1.54, 1.807) is 5.57 Å². The largest absolute Gasteiger partial charge is 0.393 e. The van der Waals surface area contributed by atoms with E-state index in [0.29, 0.717) is 21.7 Å². The Morgan fingerprint density at radius 2 is 1.67 bits per heavy atom. The Morgan fingerprint density at radius 1 is 0.933 bits per heavy atom. The van der Waals surface area contributed by atoms with Crippen molar-refractivity contribution in [1.29, 1.82) is 0 Å². The lowest BCUT2D eigenvalue weighted by Crippen LogP contribution is -2.58. The summed E-state index contributed by atoms with van der Waals surface area (Å²) < 4.78 is 0. The van der Waals surface area contributed by atoms with Gasteiger partial charge in [0, 0.05) is 0 Å². The molecular weight excluding hydrogens is 364 g/mol. The average Bonchev–Trinajstić information content (AvgIpc) is 2.95. The van der Waals surface area contributed by atoms with Crippen molar-refractivity contribution in [1.82, 2.24) is 0 Å². The molecule has 8 atom stereocenters. The van der Waals surface area contributed by atoms with Crippen LogP contribution in [0.1, 0.15) is 119 Å². The molecule has 0 spiro atoms. The van der Waals surface area contributed by atoms with Crippen LogP contribution in [0.25, 0.3) is 0 Å². The van der Waals surface area contributed by atoms with Crippen molar-refractivity contribution in [2.45, 2.75) is 125 Å². The van der Waals surface area contributed by atoms with Crippen molar-refractivity contribution in [3.8, 4) is 0 Å². The Labute approximate surface area is 187 Å². The van der Waals surface area contributed by atoms with E-state index in [4.69, 9.17) is 0 Å². The zero-order valence-electron chi connectivity index (χ0n) is 21.2. The normalized spacial score (nSPS) is 49.2. The van der Waals surface area contributed by atoms with E-state index in [9.17, 15) is 5.11 Å². The quantitative estimate of drug-likeness (QED) is 0.450. The summed E-state index contributed by atoms with van der Waals surface area (Å²) in [4.78, 5) is 0. The fraction of sp³-hybridized carbons (Fsp3) is 0.931. The van der Waals surface area contributed by atoms with Crippen LogP contribution in [-0.4, -0.2) is 11.2 Å². The lowest BCUT2D eigenvalue weighted by molar-refractivity contribution is -0.138. The third kappa shape index (κ3) is 3.19. The Balaban J connectivity index is 1.59. The van der Waals surface area contributed by atoms with E-state index >= 15 is 0 Å². The fourth-order valence-electron chi connectivity index (χ4n) is 9.42. The predicted molar refractivity (Wildman–Crippen MR) is 128 cm³/mol. The van der Waals surface area contributed by atoms with E-state index < -0.39 is 0 Å². The summed E-state index contributed by atoms with van der Waals surface area (Å²) in [5.74, 6) is 3.40. The highest BCUT2D eigenvalue weighted by Gasteiger charge is 2.66. The zero-order chi connectivity index (χ0) is 21.9. The summed E-state index contributed by atoms with van der Waals surface area (Å²) in [6.07, 6.45) is 16.8. The molecule has 0 amide bonds. The number of hydrogen-bond acceptors (Lipinski definition) is 1. The summed E-state index contributed by atoms with van der Waals surface area (Å²) in [5, 5.41) is 10.3. The van der Waals surface area contributed by atoms with Crippen LogP contribution in [0.4, 0.5) is 0 Å². The Hall–Kier alpha value is -0.300. The molecule has 0 aliphatic heterocycles. The SMILES string of the molecule is CC(C)CCC[C@@H](C)[C@@]1(C)CC[C@]2(C)[C@@H]1CC[C@@]1(C)[C@H]2CC=C2CC(O)CC[C@@]21C. The molecule has 3 saturated carbocycles. The molecule has 1 N–H and O–H groups in total. The third-order valence-electron chi connectivity index (χ3n) is 11.9. The molecule has 1 nitrogen and oxygen atoms in total. The summed E-state index contributed by atoms with van der Waals surface area (Å²) in [6, 6.07) is 0. The van der Waals surface area contributed by atoms with Crippen molar-refractivity contribution >= 4 is 0 Å². The molecule has 1 unspecified atom stereocenters. The second-order valence-electron chi connectivity index (χ2n) is 13.5. The van der Waals surface area contributed by atoms with Crippen molar-refractivity contribution in [2.75, 3.05) is 0 Å². The minimum Gasteiger partial charge on any atom is -0.393 e. The average molecular weight is 415 g/mol. The van der Waals surface area contributed by atoms with E-state index in [2.05, 4.69) is 54.5 Å². The van der Waals surface area contributed by atoms with Gasteiger partial charge in [-0.25, -0.2) is 0 Å². The number of aliphatic hydroxyl groups excluding tert-OH is 1. The van der Waals surface area contributed by atoms with Gasteiger partial charge in [-0.15, -0.1) is 0 Å². The van der Waals surface area contributed by atoms with Crippen LogP contribution in [0.2, 0.25) is 0 Å². The molecule has 172 valence electrons. The molecular formula is C29H50O. The fourth-order valence-corrected chi connectivity index (χ4v) is 9.42. The lowest BCUT2D eigenvalue weighted by Gasteiger charge is -2.66. The molecule has 0 saturated heterocycles. The Kier molecular flexibility index (Phi) is 5.82. The van der Waals surface area contributed by atoms with Crippen LogP contribution >= 0.6 is 0 Å². The first kappa shape index (κ1) is 22.9. The van der Waals surface area contributed by atoms with Crippen molar-refractivity contribution in [3.05, 3.63) is 11.6 Å². The minimum absolute atomic E-state index is 0.0992. The van der Waals surface area contributed by atoms with Gasteiger partial charge in [-0.05, 0) is 96.7 Å². The maximum atomic E-state index is 10.3. The standard InChI is InChI=1S/C29H50O/c1-20(2)9-8-10-21(3)26(4)17-18-27(5)24(26)14-16-29(7)25(27)12-11-22-19-23(30)13-15-28(22,29)6/h11,20-21,23-25,30H,8-10,12-19H2,1-7H3/t21-,23?,24-,25+,26-,27-,28+,29+/m1/s1. The summed E-state index contributed by atoms with van der Waals surface area (Å²) >= 11 is 0. The van der Waals surface area contributed by atoms with Gasteiger partial charge < -0.3 is 5.11 Å². The molecule has 0 bridgehead atoms. The number of allylic oxidation sites excluding steroid dienone is 1. The van der Waals surface area contributed by atoms with Gasteiger partial charge >= 0.3 is 0 Å². The zero-order valence-corrected chi connectivity index (χ0v) is 21.2. The molecule has 0 radical (unpaired) electrons. The summed E-state index contributed by atoms with van der Waals surface area (Å²) in [5.41, 5.74) is 3.35. The minimum atomic E-state index is -0.0992. The second-order valence-corrected chi connectivity index (χ2v) is 13.5. The van der Waals surface area contributed by atoms with Gasteiger partial charge in [-0.2, -0.15) is 0 Å². The smallest absolute Gasteiger partial charge is 0.0577 e. The molecule has 4 aliphatic rings. The van der Waals surface area contributed by atoms with Crippen LogP contribution in [0.3, 0.4) is 0 Å². The van der Waals surface area contributed by atoms with E-state index in [1.807, 2.05) is 0 Å². The van der Waals surface area contributed by atoms with Crippen molar-refractivity contribution < 1.29 is 5.11 Å². The van der Waals surface area contributed by atoms with Gasteiger partial charge in [-0.3, -0.25) is 0 Å². The number of fused-ring (bicyclic) bond motifs is 5. The molecule has 4 aliphatic carbocycles. The van der Waals surface area contributed by atoms with Crippen molar-refractivity contribution in [2.24, 2.45) is 45.3 Å². The van der Waals surface area contributed by atoms with Crippen LogP contribution in [0, 0.1) is 45.3 Å². The third-order valence-corrected chi connectivity index (χ3v) is 11.9. The Bertz CT molecular complexity index is 678. The number of hydrogen-bond donors (Lipinski definition) is 1. The number of aliphatic hydroxyl groups is 1. The number of rotatable bonds is 5. The molecule has 0 aromatic carbocycles. The highest BCUT2D eigenvalue weighted by molar-refractivity contribution is 5.29. The summed E-state index contributed by atoms with van der Waals surface area (Å²) in [7, 11) is 0. The van der Waals surface area contributed by atoms with E-state index in [0.717, 1.165) is 36.5 Å². The first-order valence-electron chi connectivity index (χ1n) is 13.3. The van der Waals surface area contributed by atoms with E-state index in [-0.39, 0.29) is 6.10 Å². The van der Waals surface area contributed by atoms with Gasteiger partial charge in [0.1, 0.15) is 0 Å². The van der Waals surface area contributed by atoms with Gasteiger partial charge in [-0.1, -0.05) is 79.4 Å². The van der Waals surface area contributed by atoms with E-state index in [1.165, 1.54) is 57.8 Å². The van der Waals surface area contributed by atoms with Crippen LogP contribution in [-0.2, 0) is 0 Å². The molecule has 30 heavy (non-hydrogen) atoms. The highest BCUT2D eigenvalue weighted by Crippen LogP contribution is 2.75. The molecule has 3 fully saturated rings. The van der Waals surface area contributed by atoms with Crippen LogP contribution in [0.5, 0.6) is 0 Å². The van der Waals surface area contributed by atoms with Gasteiger partial charge in [0.25, 0.3) is 0 Å². The maximum absolute atomic E-state index is 10.3. The topological polar surface area (TPSA) is 20.2 Å². The molecule has 4 rings (SSSR count). The molecule has 0 aromatic rings. The highest BCUT2D eigenvalue weighted by atomic mass is 16.3. The maximum Gasteiger partial charge on any atom is 0.0577 e. The summed E-state index contributed by atoms with van der Waals surface area (Å²) in [6.45, 7) is 17.9. The Morgan fingerprint density at radius 3 is 2.37 bits per heavy atom. The van der Waals surface area contributed by atoms with Crippen LogP contribution < -0.4 is 0 Å². The first-order valence-corrected chi connectivity index (χ1v) is 13.3. The lowest BCUT2D eigenvalue weighted by atomic mass is 9.39.